The maximum atomic E-state index is 12.7. The topological polar surface area (TPSA) is 171 Å². The van der Waals surface area contributed by atoms with Crippen molar-refractivity contribution in [2.45, 2.75) is 77.7 Å². The summed E-state index contributed by atoms with van der Waals surface area (Å²) in [5.41, 5.74) is 5.81. The molecule has 0 spiro atoms. The van der Waals surface area contributed by atoms with Crippen molar-refractivity contribution in [1.82, 2.24) is 16.0 Å². The normalized spacial score (nSPS) is 16.2. The molecule has 0 bridgehead atoms. The lowest BCUT2D eigenvalue weighted by molar-refractivity contribution is -0.143. The Labute approximate surface area is 188 Å². The molecule has 0 aliphatic carbocycles. The van der Waals surface area contributed by atoms with Crippen LogP contribution in [-0.2, 0) is 19.2 Å². The molecule has 0 aliphatic rings. The number of aliphatic hydroxyl groups is 1. The summed E-state index contributed by atoms with van der Waals surface area (Å²) in [5.74, 6) is -2.82. The van der Waals surface area contributed by atoms with Crippen LogP contribution in [0, 0.1) is 11.8 Å². The number of rotatable bonds is 14. The van der Waals surface area contributed by atoms with Crippen molar-refractivity contribution < 1.29 is 29.4 Å². The van der Waals surface area contributed by atoms with Crippen LogP contribution in [0.3, 0.4) is 0 Å². The smallest absolute Gasteiger partial charge is 0.326 e. The van der Waals surface area contributed by atoms with Gasteiger partial charge in [-0.2, -0.15) is 11.8 Å². The van der Waals surface area contributed by atoms with Crippen molar-refractivity contribution in [3.05, 3.63) is 0 Å². The fraction of sp³-hybridized carbons (Fsp3) is 0.800. The number of amides is 3. The molecule has 3 amide bonds. The average Bonchev–Trinajstić information content (AvgIpc) is 2.66. The maximum Gasteiger partial charge on any atom is 0.326 e. The van der Waals surface area contributed by atoms with Crippen molar-refractivity contribution >= 4 is 35.5 Å². The van der Waals surface area contributed by atoms with Gasteiger partial charge in [-0.25, -0.2) is 4.79 Å². The van der Waals surface area contributed by atoms with Crippen molar-refractivity contribution in [1.29, 1.82) is 0 Å². The van der Waals surface area contributed by atoms with Crippen LogP contribution < -0.4 is 21.7 Å². The lowest BCUT2D eigenvalue weighted by Gasteiger charge is -2.28. The van der Waals surface area contributed by atoms with Gasteiger partial charge in [0.05, 0.1) is 12.1 Å². The molecule has 11 heteroatoms. The zero-order valence-corrected chi connectivity index (χ0v) is 20.0. The molecule has 31 heavy (non-hydrogen) atoms. The van der Waals surface area contributed by atoms with Gasteiger partial charge in [0.25, 0.3) is 0 Å². The van der Waals surface area contributed by atoms with Gasteiger partial charge in [-0.3, -0.25) is 14.4 Å². The first-order valence-corrected chi connectivity index (χ1v) is 11.8. The molecule has 0 saturated carbocycles. The molecule has 0 aromatic carbocycles. The van der Waals surface area contributed by atoms with E-state index in [4.69, 9.17) is 5.73 Å². The van der Waals surface area contributed by atoms with E-state index in [1.165, 1.54) is 18.7 Å². The van der Waals surface area contributed by atoms with Gasteiger partial charge in [-0.1, -0.05) is 27.7 Å². The molecule has 0 radical (unpaired) electrons. The van der Waals surface area contributed by atoms with Crippen LogP contribution >= 0.6 is 11.8 Å². The van der Waals surface area contributed by atoms with Gasteiger partial charge >= 0.3 is 5.97 Å². The van der Waals surface area contributed by atoms with Gasteiger partial charge < -0.3 is 31.9 Å². The Morgan fingerprint density at radius 2 is 1.42 bits per heavy atom. The van der Waals surface area contributed by atoms with Gasteiger partial charge in [0.15, 0.2) is 0 Å². The molecule has 0 rings (SSSR count). The molecular weight excluding hydrogens is 424 g/mol. The Bertz CT molecular complexity index is 614. The first kappa shape index (κ1) is 29.1. The highest BCUT2D eigenvalue weighted by atomic mass is 32.2. The summed E-state index contributed by atoms with van der Waals surface area (Å²) in [7, 11) is 0. The molecular formula is C20H38N4O6S. The van der Waals surface area contributed by atoms with Gasteiger partial charge in [-0.15, -0.1) is 0 Å². The number of carbonyl (C=O) groups is 4. The van der Waals surface area contributed by atoms with Gasteiger partial charge in [-0.05, 0) is 43.6 Å². The van der Waals surface area contributed by atoms with Crippen molar-refractivity contribution in [3.8, 4) is 0 Å². The van der Waals surface area contributed by atoms with Crippen molar-refractivity contribution in [3.63, 3.8) is 0 Å². The Morgan fingerprint density at radius 1 is 0.903 bits per heavy atom. The monoisotopic (exact) mass is 462 g/mol. The fourth-order valence-corrected chi connectivity index (χ4v) is 3.26. The highest BCUT2D eigenvalue weighted by Crippen LogP contribution is 2.09. The molecule has 0 aliphatic heterocycles. The van der Waals surface area contributed by atoms with Gasteiger partial charge in [0.2, 0.25) is 17.7 Å². The number of carboxylic acid groups (broad SMARTS) is 1. The molecule has 0 aromatic rings. The summed E-state index contributed by atoms with van der Waals surface area (Å²) in [6.07, 6.45) is 1.29. The van der Waals surface area contributed by atoms with E-state index in [0.29, 0.717) is 12.2 Å². The van der Waals surface area contributed by atoms with Crippen LogP contribution in [0.2, 0.25) is 0 Å². The second kappa shape index (κ2) is 14.3. The van der Waals surface area contributed by atoms with E-state index in [-0.39, 0.29) is 18.3 Å². The lowest BCUT2D eigenvalue weighted by Crippen LogP contribution is -2.60. The summed E-state index contributed by atoms with van der Waals surface area (Å²) in [5, 5.41) is 26.8. The minimum atomic E-state index is -1.31. The van der Waals surface area contributed by atoms with E-state index in [0.717, 1.165) is 0 Å². The predicted molar refractivity (Wildman–Crippen MR) is 120 cm³/mol. The molecule has 180 valence electrons. The van der Waals surface area contributed by atoms with Crippen LogP contribution in [0.5, 0.6) is 0 Å². The van der Waals surface area contributed by atoms with Crippen molar-refractivity contribution in [2.24, 2.45) is 17.6 Å². The zero-order valence-electron chi connectivity index (χ0n) is 19.2. The van der Waals surface area contributed by atoms with E-state index >= 15 is 0 Å². The summed E-state index contributed by atoms with van der Waals surface area (Å²) < 4.78 is 0. The second-order valence-corrected chi connectivity index (χ2v) is 9.36. The van der Waals surface area contributed by atoms with Crippen LogP contribution in [0.15, 0.2) is 0 Å². The molecule has 0 heterocycles. The number of carbonyl (C=O) groups excluding carboxylic acids is 3. The molecule has 10 nitrogen and oxygen atoms in total. The maximum absolute atomic E-state index is 12.7. The molecule has 0 saturated heterocycles. The standard InChI is InChI=1S/C20H38N4O6S/c1-10(2)9-14(20(29)30)22-18(27)15(11(3)4)23-19(28)16(12(5)25)24-17(26)13(21)7-8-31-6/h10-16,25H,7-9,21H2,1-6H3,(H,22,27)(H,23,28)(H,24,26)(H,29,30). The second-order valence-electron chi connectivity index (χ2n) is 8.37. The predicted octanol–water partition coefficient (Wildman–Crippen LogP) is -0.311. The highest BCUT2D eigenvalue weighted by molar-refractivity contribution is 7.98. The minimum absolute atomic E-state index is 0.0404. The van der Waals surface area contributed by atoms with E-state index in [9.17, 15) is 29.4 Å². The van der Waals surface area contributed by atoms with Gasteiger partial charge in [0.1, 0.15) is 18.1 Å². The Kier molecular flexibility index (Phi) is 13.4. The lowest BCUT2D eigenvalue weighted by atomic mass is 9.99. The van der Waals surface area contributed by atoms with Crippen LogP contribution in [0.25, 0.3) is 0 Å². The SMILES string of the molecule is CSCCC(N)C(=O)NC(C(=O)NC(C(=O)NC(CC(C)C)C(=O)O)C(C)C)C(C)O. The number of aliphatic carboxylic acids is 1. The average molecular weight is 463 g/mol. The quantitative estimate of drug-likeness (QED) is 0.204. The number of nitrogens with one attached hydrogen (secondary N) is 3. The third-order valence-corrected chi connectivity index (χ3v) is 5.24. The third-order valence-electron chi connectivity index (χ3n) is 4.60. The number of hydrogen-bond donors (Lipinski definition) is 6. The first-order valence-electron chi connectivity index (χ1n) is 10.4. The van der Waals surface area contributed by atoms with Crippen LogP contribution in [0.1, 0.15) is 47.5 Å². The molecule has 7 N–H and O–H groups in total. The molecule has 5 unspecified atom stereocenters. The van der Waals surface area contributed by atoms with Crippen LogP contribution in [0.4, 0.5) is 0 Å². The van der Waals surface area contributed by atoms with Crippen LogP contribution in [-0.4, -0.2) is 76.2 Å². The van der Waals surface area contributed by atoms with Gasteiger partial charge in [0, 0.05) is 0 Å². The Hall–Kier alpha value is -1.85. The van der Waals surface area contributed by atoms with E-state index in [1.807, 2.05) is 20.1 Å². The number of aliphatic hydroxyl groups excluding tert-OH is 1. The van der Waals surface area contributed by atoms with Crippen molar-refractivity contribution in [2.75, 3.05) is 12.0 Å². The largest absolute Gasteiger partial charge is 0.480 e. The number of hydrogen-bond acceptors (Lipinski definition) is 7. The molecule has 0 fully saturated rings. The third kappa shape index (κ3) is 10.8. The highest BCUT2D eigenvalue weighted by Gasteiger charge is 2.33. The van der Waals surface area contributed by atoms with E-state index in [2.05, 4.69) is 16.0 Å². The molecule has 5 atom stereocenters. The molecule has 0 aromatic heterocycles. The number of carboxylic acids is 1. The summed E-state index contributed by atoms with van der Waals surface area (Å²) in [4.78, 5) is 49.2. The summed E-state index contributed by atoms with van der Waals surface area (Å²) in [6, 6.07) is -4.29. The number of nitrogens with two attached hydrogens (primary N) is 1. The summed E-state index contributed by atoms with van der Waals surface area (Å²) >= 11 is 1.53. The zero-order chi connectivity index (χ0) is 24.3. The number of thioether (sulfide) groups is 1. The van der Waals surface area contributed by atoms with E-state index in [1.54, 1.807) is 13.8 Å². The first-order chi connectivity index (χ1) is 14.3. The summed E-state index contributed by atoms with van der Waals surface area (Å²) in [6.45, 7) is 8.40. The fourth-order valence-electron chi connectivity index (χ4n) is 2.77. The Morgan fingerprint density at radius 3 is 1.84 bits per heavy atom. The van der Waals surface area contributed by atoms with E-state index < -0.39 is 54.0 Å². The minimum Gasteiger partial charge on any atom is -0.480 e. The Balaban J connectivity index is 5.29.